The first kappa shape index (κ1) is 32.8. The Balaban J connectivity index is 2.66. The second-order valence-corrected chi connectivity index (χ2v) is 10.3. The lowest BCUT2D eigenvalue weighted by Crippen LogP contribution is -2.48. The van der Waals surface area contributed by atoms with E-state index < -0.39 is 8.80 Å². The third-order valence-corrected chi connectivity index (χ3v) is 7.65. The van der Waals surface area contributed by atoms with E-state index in [2.05, 4.69) is 4.99 Å². The van der Waals surface area contributed by atoms with Gasteiger partial charge in [0, 0.05) is 40.1 Å². The monoisotopic (exact) mass is 531 g/mol. The van der Waals surface area contributed by atoms with E-state index in [4.69, 9.17) is 41.7 Å². The lowest BCUT2D eigenvalue weighted by Gasteiger charge is -2.30. The molecule has 0 aliphatic heterocycles. The van der Waals surface area contributed by atoms with Crippen molar-refractivity contribution in [3.8, 4) is 0 Å². The molecule has 0 atom stereocenters. The lowest BCUT2D eigenvalue weighted by molar-refractivity contribution is -0.0111. The van der Waals surface area contributed by atoms with Crippen LogP contribution in [-0.4, -0.2) is 122 Å². The number of hydrogen-bond donors (Lipinski definition) is 0. The van der Waals surface area contributed by atoms with E-state index in [0.29, 0.717) is 91.9 Å². The topological polar surface area (TPSA) is 95.4 Å². The van der Waals surface area contributed by atoms with Crippen molar-refractivity contribution in [2.45, 2.75) is 12.5 Å². The molecule has 0 heterocycles. The molecule has 36 heavy (non-hydrogen) atoms. The van der Waals surface area contributed by atoms with Crippen LogP contribution in [0.5, 0.6) is 0 Å². The van der Waals surface area contributed by atoms with Crippen molar-refractivity contribution in [3.63, 3.8) is 0 Å². The highest BCUT2D eigenvalue weighted by molar-refractivity contribution is 6.60. The zero-order valence-corrected chi connectivity index (χ0v) is 23.2. The Kier molecular flexibility index (Phi) is 21.9. The molecule has 1 aromatic rings. The summed E-state index contributed by atoms with van der Waals surface area (Å²) in [4.78, 5) is 4.55. The van der Waals surface area contributed by atoms with Gasteiger partial charge in [-0.1, -0.05) is 30.3 Å². The van der Waals surface area contributed by atoms with E-state index in [9.17, 15) is 0 Å². The third-order valence-electron chi connectivity index (χ3n) is 4.75. The Morgan fingerprint density at radius 3 is 1.50 bits per heavy atom. The minimum absolute atomic E-state index is 0.359. The summed E-state index contributed by atoms with van der Waals surface area (Å²) < 4.78 is 50.5. The first-order valence-corrected chi connectivity index (χ1v) is 14.4. The van der Waals surface area contributed by atoms with Crippen LogP contribution >= 0.6 is 0 Å². The Bertz CT molecular complexity index is 584. The smallest absolute Gasteiger partial charge is 0.382 e. The van der Waals surface area contributed by atoms with Crippen LogP contribution in [0.4, 0.5) is 0 Å². The summed E-state index contributed by atoms with van der Waals surface area (Å²) in [6.07, 6.45) is 2.64. The van der Waals surface area contributed by atoms with Crippen LogP contribution < -0.4 is 0 Å². The molecule has 0 aromatic heterocycles. The van der Waals surface area contributed by atoms with Crippen molar-refractivity contribution in [1.82, 2.24) is 0 Å². The number of aliphatic imine (C=N–C) groups is 1. The highest BCUT2D eigenvalue weighted by Crippen LogP contribution is 2.19. The van der Waals surface area contributed by atoms with Gasteiger partial charge in [0.05, 0.1) is 79.3 Å². The number of hydrogen-bond acceptors (Lipinski definition) is 10. The molecule has 0 saturated carbocycles. The molecule has 10 nitrogen and oxygen atoms in total. The van der Waals surface area contributed by atoms with Gasteiger partial charge in [0.15, 0.2) is 0 Å². The van der Waals surface area contributed by atoms with Crippen LogP contribution in [0.3, 0.4) is 0 Å². The Morgan fingerprint density at radius 1 is 0.611 bits per heavy atom. The van der Waals surface area contributed by atoms with E-state index in [1.165, 1.54) is 0 Å². The number of methoxy groups -OCH3 is 3. The van der Waals surface area contributed by atoms with E-state index in [-0.39, 0.29) is 0 Å². The molecule has 0 amide bonds. The summed E-state index contributed by atoms with van der Waals surface area (Å²) in [5.74, 6) is 0. The minimum atomic E-state index is -3.04. The molecule has 11 heteroatoms. The average Bonchev–Trinajstić information content (AvgIpc) is 2.90. The van der Waals surface area contributed by atoms with Crippen molar-refractivity contribution < 1.29 is 41.7 Å². The summed E-state index contributed by atoms with van der Waals surface area (Å²) in [6, 6.07) is 10.6. The van der Waals surface area contributed by atoms with Crippen molar-refractivity contribution >= 4 is 15.0 Å². The highest BCUT2D eigenvalue weighted by atomic mass is 28.4. The summed E-state index contributed by atoms with van der Waals surface area (Å²) in [7, 11) is 1.89. The van der Waals surface area contributed by atoms with Crippen LogP contribution in [0, 0.1) is 0 Å². The summed E-state index contributed by atoms with van der Waals surface area (Å²) in [5, 5.41) is 0. The van der Waals surface area contributed by atoms with Gasteiger partial charge in [0.2, 0.25) is 0 Å². The lowest BCUT2D eigenvalue weighted by atomic mass is 10.2. The number of benzene rings is 1. The van der Waals surface area contributed by atoms with Crippen molar-refractivity contribution in [2.75, 3.05) is 107 Å². The van der Waals surface area contributed by atoms with Gasteiger partial charge in [-0.05, 0) is 12.0 Å². The molecule has 0 spiro atoms. The third kappa shape index (κ3) is 18.1. The quantitative estimate of drug-likeness (QED) is 0.101. The van der Waals surface area contributed by atoms with Gasteiger partial charge >= 0.3 is 8.80 Å². The van der Waals surface area contributed by atoms with E-state index in [1.807, 2.05) is 36.5 Å². The fraction of sp³-hybridized carbons (Fsp3) is 0.720. The van der Waals surface area contributed by atoms with Gasteiger partial charge < -0.3 is 41.7 Å². The average molecular weight is 532 g/mol. The fourth-order valence-corrected chi connectivity index (χ4v) is 5.40. The zero-order valence-electron chi connectivity index (χ0n) is 22.2. The van der Waals surface area contributed by atoms with E-state index >= 15 is 0 Å². The van der Waals surface area contributed by atoms with Gasteiger partial charge in [0.25, 0.3) is 0 Å². The second-order valence-electron chi connectivity index (χ2n) is 7.59. The maximum atomic E-state index is 6.25. The molecule has 0 radical (unpaired) electrons. The van der Waals surface area contributed by atoms with Crippen LogP contribution in [0.25, 0.3) is 0 Å². The molecule has 1 aromatic carbocycles. The fourth-order valence-electron chi connectivity index (χ4n) is 2.94. The number of nitrogens with zero attached hydrogens (tertiary/aromatic N) is 1. The Morgan fingerprint density at radius 2 is 1.06 bits per heavy atom. The number of ether oxygens (including phenoxy) is 6. The highest BCUT2D eigenvalue weighted by Gasteiger charge is 2.40. The molecule has 0 fully saturated rings. The predicted molar refractivity (Wildman–Crippen MR) is 140 cm³/mol. The van der Waals surface area contributed by atoms with Crippen LogP contribution in [0.15, 0.2) is 35.3 Å². The van der Waals surface area contributed by atoms with Crippen molar-refractivity contribution in [3.05, 3.63) is 35.9 Å². The standard InChI is InChI=1S/C25H45NO9Si/c1-27-11-14-30-17-20-33-36(34-21-18-31-15-12-28-2,35-22-19-32-16-13-29-3)23-7-10-26-24-25-8-5-4-6-9-25/h4-6,8-9,24H,7,10-23H2,1-3H3/b26-24+. The second kappa shape index (κ2) is 24.1. The van der Waals surface area contributed by atoms with Gasteiger partial charge in [-0.2, -0.15) is 0 Å². The van der Waals surface area contributed by atoms with Gasteiger partial charge in [0.1, 0.15) is 0 Å². The van der Waals surface area contributed by atoms with Crippen molar-refractivity contribution in [1.29, 1.82) is 0 Å². The SMILES string of the molecule is COCCOCCO[Si](CCC/N=C/c1ccccc1)(OCCOCCOC)OCCOCCOC. The maximum absolute atomic E-state index is 6.25. The largest absolute Gasteiger partial charge is 0.501 e. The Hall–Kier alpha value is -1.25. The molecule has 1 rings (SSSR count). The van der Waals surface area contributed by atoms with Crippen LogP contribution in [0.1, 0.15) is 12.0 Å². The first-order valence-electron chi connectivity index (χ1n) is 12.4. The van der Waals surface area contributed by atoms with E-state index in [0.717, 1.165) is 12.0 Å². The Labute approximate surface area is 217 Å². The summed E-state index contributed by atoms with van der Waals surface area (Å²) in [5.41, 5.74) is 1.07. The maximum Gasteiger partial charge on any atom is 0.501 e. The first-order chi connectivity index (χ1) is 17.8. The molecule has 0 aliphatic rings. The molecule has 0 saturated heterocycles. The zero-order chi connectivity index (χ0) is 26.0. The minimum Gasteiger partial charge on any atom is -0.382 e. The van der Waals surface area contributed by atoms with Gasteiger partial charge in [-0.25, -0.2) is 0 Å². The summed E-state index contributed by atoms with van der Waals surface area (Å²) in [6.45, 7) is 6.10. The molecular weight excluding hydrogens is 486 g/mol. The predicted octanol–water partition coefficient (Wildman–Crippen LogP) is 2.47. The van der Waals surface area contributed by atoms with Crippen molar-refractivity contribution in [2.24, 2.45) is 4.99 Å². The molecule has 208 valence electrons. The van der Waals surface area contributed by atoms with Crippen LogP contribution in [0.2, 0.25) is 6.04 Å². The van der Waals surface area contributed by atoms with Gasteiger partial charge in [-0.3, -0.25) is 4.99 Å². The van der Waals surface area contributed by atoms with Gasteiger partial charge in [-0.15, -0.1) is 0 Å². The van der Waals surface area contributed by atoms with Crippen LogP contribution in [-0.2, 0) is 41.7 Å². The number of rotatable bonds is 26. The molecule has 0 N–H and O–H groups in total. The molecule has 0 aliphatic carbocycles. The summed E-state index contributed by atoms with van der Waals surface area (Å²) >= 11 is 0. The molecular formula is C25H45NO9Si. The normalized spacial score (nSPS) is 12.1. The molecule has 0 bridgehead atoms. The molecule has 0 unspecified atom stereocenters. The van der Waals surface area contributed by atoms with E-state index in [1.54, 1.807) is 21.3 Å².